The molecule has 1 heterocycles. The van der Waals surface area contributed by atoms with Crippen molar-refractivity contribution in [1.82, 2.24) is 0 Å². The largest absolute Gasteiger partial charge is 0.481 e. The van der Waals surface area contributed by atoms with Gasteiger partial charge in [0, 0.05) is 11.5 Å². The fourth-order valence-corrected chi connectivity index (χ4v) is 1.09. The summed E-state index contributed by atoms with van der Waals surface area (Å²) in [5.74, 6) is -0.125. The summed E-state index contributed by atoms with van der Waals surface area (Å²) < 4.78 is 4.91. The normalized spacial score (nSPS) is 9.92. The third kappa shape index (κ3) is 0.903. The summed E-state index contributed by atoms with van der Waals surface area (Å²) in [4.78, 5) is 0. The van der Waals surface area contributed by atoms with Gasteiger partial charge in [-0.3, -0.25) is 0 Å². The van der Waals surface area contributed by atoms with Gasteiger partial charge in [0.2, 0.25) is 0 Å². The topological polar surface area (TPSA) is 57.2 Å². The molecular weight excluding hydrogens is 154 g/mol. The zero-order chi connectivity index (χ0) is 8.55. The monoisotopic (exact) mass is 159 g/mol. The van der Waals surface area contributed by atoms with Crippen molar-refractivity contribution < 1.29 is 9.52 Å². The third-order valence-electron chi connectivity index (χ3n) is 1.64. The van der Waals surface area contributed by atoms with Crippen molar-refractivity contribution in [3.63, 3.8) is 0 Å². The Morgan fingerprint density at radius 1 is 1.33 bits per heavy atom. The Morgan fingerprint density at radius 3 is 2.92 bits per heavy atom. The minimum absolute atomic E-state index is 0.125. The molecule has 0 aliphatic rings. The molecule has 12 heavy (non-hydrogen) atoms. The Hall–Kier alpha value is -1.95. The van der Waals surface area contributed by atoms with Gasteiger partial charge in [-0.15, -0.1) is 0 Å². The molecule has 0 aliphatic carbocycles. The number of rotatable bonds is 0. The van der Waals surface area contributed by atoms with Crippen molar-refractivity contribution in [2.75, 3.05) is 0 Å². The molecule has 1 N–H and O–H groups in total. The van der Waals surface area contributed by atoms with Gasteiger partial charge < -0.3 is 9.52 Å². The Balaban J connectivity index is 2.77. The lowest BCUT2D eigenvalue weighted by molar-refractivity contribution is 0.346. The number of hydrogen-bond donors (Lipinski definition) is 1. The Labute approximate surface area is 68.5 Å². The van der Waals surface area contributed by atoms with Crippen LogP contribution in [0.3, 0.4) is 0 Å². The molecule has 0 spiro atoms. The van der Waals surface area contributed by atoms with E-state index < -0.39 is 0 Å². The maximum atomic E-state index is 8.97. The van der Waals surface area contributed by atoms with Crippen LogP contribution in [0.2, 0.25) is 0 Å². The zero-order valence-electron chi connectivity index (χ0n) is 6.11. The summed E-state index contributed by atoms with van der Waals surface area (Å²) in [6, 6.07) is 8.50. The van der Waals surface area contributed by atoms with E-state index in [-0.39, 0.29) is 5.95 Å². The van der Waals surface area contributed by atoms with E-state index in [2.05, 4.69) is 0 Å². The minimum Gasteiger partial charge on any atom is -0.481 e. The molecule has 3 heteroatoms. The molecule has 0 unspecified atom stereocenters. The van der Waals surface area contributed by atoms with E-state index in [1.54, 1.807) is 18.2 Å². The Bertz CT molecular complexity index is 465. The second kappa shape index (κ2) is 2.28. The van der Waals surface area contributed by atoms with Crippen molar-refractivity contribution >= 4 is 11.0 Å². The summed E-state index contributed by atoms with van der Waals surface area (Å²) in [5, 5.41) is 18.3. The summed E-state index contributed by atoms with van der Waals surface area (Å²) in [6.07, 6.45) is 0. The van der Waals surface area contributed by atoms with E-state index >= 15 is 0 Å². The van der Waals surface area contributed by atoms with Crippen LogP contribution >= 0.6 is 0 Å². The zero-order valence-corrected chi connectivity index (χ0v) is 6.11. The van der Waals surface area contributed by atoms with Gasteiger partial charge >= 0.3 is 0 Å². The first kappa shape index (κ1) is 6.74. The molecule has 0 atom stereocenters. The number of hydrogen-bond acceptors (Lipinski definition) is 3. The molecule has 58 valence electrons. The summed E-state index contributed by atoms with van der Waals surface area (Å²) in [6.45, 7) is 0. The van der Waals surface area contributed by atoms with Crippen molar-refractivity contribution in [2.24, 2.45) is 0 Å². The standard InChI is InChI=1S/C9H5NO2/c10-5-6-1-2-7-4-9(11)12-8(7)3-6/h1-4,11H. The van der Waals surface area contributed by atoms with Crippen LogP contribution in [-0.2, 0) is 0 Å². The molecule has 0 radical (unpaired) electrons. The molecule has 0 saturated heterocycles. The molecule has 0 saturated carbocycles. The van der Waals surface area contributed by atoms with Crippen molar-refractivity contribution in [1.29, 1.82) is 5.26 Å². The first-order valence-electron chi connectivity index (χ1n) is 3.42. The predicted octanol–water partition coefficient (Wildman–Crippen LogP) is 2.01. The van der Waals surface area contributed by atoms with E-state index in [1.165, 1.54) is 6.07 Å². The molecular formula is C9H5NO2. The molecule has 1 aromatic heterocycles. The summed E-state index contributed by atoms with van der Waals surface area (Å²) in [5.41, 5.74) is 1.06. The highest BCUT2D eigenvalue weighted by atomic mass is 16.5. The maximum Gasteiger partial charge on any atom is 0.282 e. The van der Waals surface area contributed by atoms with Crippen LogP contribution in [-0.4, -0.2) is 5.11 Å². The number of aromatic hydroxyl groups is 1. The predicted molar refractivity (Wildman–Crippen MR) is 42.6 cm³/mol. The number of furan rings is 1. The number of fused-ring (bicyclic) bond motifs is 1. The van der Waals surface area contributed by atoms with Gasteiger partial charge in [0.1, 0.15) is 5.58 Å². The highest BCUT2D eigenvalue weighted by molar-refractivity contribution is 5.79. The van der Waals surface area contributed by atoms with Crippen LogP contribution < -0.4 is 0 Å². The van der Waals surface area contributed by atoms with Crippen LogP contribution in [0, 0.1) is 11.3 Å². The Kier molecular flexibility index (Phi) is 1.28. The third-order valence-corrected chi connectivity index (χ3v) is 1.64. The van der Waals surface area contributed by atoms with Crippen LogP contribution in [0.1, 0.15) is 5.56 Å². The molecule has 2 aromatic rings. The molecule has 3 nitrogen and oxygen atoms in total. The quantitative estimate of drug-likeness (QED) is 0.639. The van der Waals surface area contributed by atoms with E-state index in [4.69, 9.17) is 14.8 Å². The van der Waals surface area contributed by atoms with Gasteiger partial charge in [-0.25, -0.2) is 0 Å². The van der Waals surface area contributed by atoms with E-state index in [0.29, 0.717) is 11.1 Å². The Morgan fingerprint density at radius 2 is 2.17 bits per heavy atom. The van der Waals surface area contributed by atoms with E-state index in [1.807, 2.05) is 6.07 Å². The molecule has 0 amide bonds. The average Bonchev–Trinajstić information content (AvgIpc) is 2.43. The summed E-state index contributed by atoms with van der Waals surface area (Å²) >= 11 is 0. The molecule has 2 rings (SSSR count). The van der Waals surface area contributed by atoms with Crippen LogP contribution in [0.4, 0.5) is 0 Å². The lowest BCUT2D eigenvalue weighted by atomic mass is 10.2. The maximum absolute atomic E-state index is 8.97. The van der Waals surface area contributed by atoms with Gasteiger partial charge in [0.05, 0.1) is 11.6 Å². The van der Waals surface area contributed by atoms with Crippen molar-refractivity contribution in [3.05, 3.63) is 29.8 Å². The number of nitrogens with zero attached hydrogens (tertiary/aromatic N) is 1. The summed E-state index contributed by atoms with van der Waals surface area (Å²) in [7, 11) is 0. The molecule has 0 fully saturated rings. The highest BCUT2D eigenvalue weighted by Gasteiger charge is 2.01. The second-order valence-electron chi connectivity index (χ2n) is 2.45. The molecule has 0 aliphatic heterocycles. The van der Waals surface area contributed by atoms with Crippen LogP contribution in [0.15, 0.2) is 28.7 Å². The smallest absolute Gasteiger partial charge is 0.282 e. The average molecular weight is 159 g/mol. The van der Waals surface area contributed by atoms with Gasteiger partial charge in [-0.05, 0) is 18.2 Å². The van der Waals surface area contributed by atoms with Gasteiger partial charge in [-0.1, -0.05) is 0 Å². The first-order chi connectivity index (χ1) is 5.79. The van der Waals surface area contributed by atoms with E-state index in [9.17, 15) is 0 Å². The lowest BCUT2D eigenvalue weighted by Gasteiger charge is -1.86. The van der Waals surface area contributed by atoms with Gasteiger partial charge in [0.15, 0.2) is 0 Å². The fraction of sp³-hybridized carbons (Fsp3) is 0. The van der Waals surface area contributed by atoms with E-state index in [0.717, 1.165) is 5.39 Å². The number of nitriles is 1. The number of benzene rings is 1. The second-order valence-corrected chi connectivity index (χ2v) is 2.45. The minimum atomic E-state index is -0.125. The first-order valence-corrected chi connectivity index (χ1v) is 3.42. The SMILES string of the molecule is N#Cc1ccc2cc(O)oc2c1. The molecule has 1 aromatic carbocycles. The van der Waals surface area contributed by atoms with Crippen LogP contribution in [0.5, 0.6) is 5.95 Å². The lowest BCUT2D eigenvalue weighted by Crippen LogP contribution is -1.70. The highest BCUT2D eigenvalue weighted by Crippen LogP contribution is 2.24. The van der Waals surface area contributed by atoms with Crippen molar-refractivity contribution in [2.45, 2.75) is 0 Å². The van der Waals surface area contributed by atoms with Gasteiger partial charge in [0.25, 0.3) is 5.95 Å². The molecule has 0 bridgehead atoms. The van der Waals surface area contributed by atoms with Crippen molar-refractivity contribution in [3.8, 4) is 12.0 Å². The van der Waals surface area contributed by atoms with Crippen LogP contribution in [0.25, 0.3) is 11.0 Å². The fourth-order valence-electron chi connectivity index (χ4n) is 1.09. The van der Waals surface area contributed by atoms with Gasteiger partial charge in [-0.2, -0.15) is 5.26 Å².